The molecule has 21 heavy (non-hydrogen) atoms. The Kier molecular flexibility index (Phi) is 2.27. The second-order valence-corrected chi connectivity index (χ2v) is 7.29. The maximum Gasteiger partial charge on any atom is 0.0139 e. The lowest BCUT2D eigenvalue weighted by molar-refractivity contribution is 0.260. The summed E-state index contributed by atoms with van der Waals surface area (Å²) >= 11 is 0. The first-order valence-electron chi connectivity index (χ1n) is 8.09. The Hall–Kier alpha value is -1.60. The maximum atomic E-state index is 2.39. The molecule has 2 aromatic rings. The zero-order valence-corrected chi connectivity index (χ0v) is 12.7. The first-order chi connectivity index (χ1) is 10.3. The van der Waals surface area contributed by atoms with Crippen molar-refractivity contribution in [3.05, 3.63) is 70.8 Å². The van der Waals surface area contributed by atoms with Crippen molar-refractivity contribution in [3.8, 4) is 0 Å². The summed E-state index contributed by atoms with van der Waals surface area (Å²) in [6.07, 6.45) is 0. The van der Waals surface area contributed by atoms with Crippen LogP contribution in [0.3, 0.4) is 0 Å². The van der Waals surface area contributed by atoms with Gasteiger partial charge in [-0.2, -0.15) is 0 Å². The van der Waals surface area contributed by atoms with Gasteiger partial charge in [0.2, 0.25) is 0 Å². The quantitative estimate of drug-likeness (QED) is 0.805. The van der Waals surface area contributed by atoms with Gasteiger partial charge in [0.15, 0.2) is 0 Å². The van der Waals surface area contributed by atoms with Crippen molar-refractivity contribution in [2.45, 2.75) is 17.8 Å². The molecule has 0 N–H and O–H groups in total. The molecule has 3 atom stereocenters. The van der Waals surface area contributed by atoms with Crippen LogP contribution in [0.25, 0.3) is 0 Å². The Morgan fingerprint density at radius 3 is 1.71 bits per heavy atom. The third-order valence-corrected chi connectivity index (χ3v) is 5.95. The fraction of sp³-hybridized carbons (Fsp3) is 0.400. The van der Waals surface area contributed by atoms with Crippen molar-refractivity contribution in [3.63, 3.8) is 0 Å². The fourth-order valence-electron chi connectivity index (χ4n) is 5.36. The highest BCUT2D eigenvalue weighted by molar-refractivity contribution is 5.59. The lowest BCUT2D eigenvalue weighted by Gasteiger charge is -2.38. The van der Waals surface area contributed by atoms with Crippen LogP contribution >= 0.6 is 0 Å². The molecular weight excluding hydrogens is 254 g/mol. The third-order valence-electron chi connectivity index (χ3n) is 5.95. The van der Waals surface area contributed by atoms with Gasteiger partial charge in [0.25, 0.3) is 0 Å². The predicted octanol–water partition coefficient (Wildman–Crippen LogP) is 3.82. The van der Waals surface area contributed by atoms with Gasteiger partial charge in [0, 0.05) is 12.5 Å². The molecule has 106 valence electrons. The van der Waals surface area contributed by atoms with Gasteiger partial charge in [-0.25, -0.2) is 0 Å². The Labute approximate surface area is 126 Å². The third kappa shape index (κ3) is 1.45. The summed E-state index contributed by atoms with van der Waals surface area (Å²) in [5, 5.41) is 0. The smallest absolute Gasteiger partial charge is 0.0139 e. The first kappa shape index (κ1) is 12.0. The zero-order chi connectivity index (χ0) is 14.1. The van der Waals surface area contributed by atoms with E-state index in [1.54, 1.807) is 22.3 Å². The van der Waals surface area contributed by atoms with E-state index in [1.807, 2.05) is 0 Å². The molecule has 1 heteroatoms. The van der Waals surface area contributed by atoms with E-state index in [4.69, 9.17) is 0 Å². The van der Waals surface area contributed by atoms with Crippen LogP contribution in [-0.4, -0.2) is 25.5 Å². The highest BCUT2D eigenvalue weighted by Gasteiger charge is 2.64. The molecule has 0 spiro atoms. The van der Waals surface area contributed by atoms with Gasteiger partial charge in [0.05, 0.1) is 0 Å². The molecule has 3 unspecified atom stereocenters. The average Bonchev–Trinajstić information content (AvgIpc) is 3.24. The van der Waals surface area contributed by atoms with Crippen LogP contribution in [0, 0.1) is 11.8 Å². The lowest BCUT2D eigenvalue weighted by atomic mass is 9.69. The second-order valence-electron chi connectivity index (χ2n) is 7.29. The van der Waals surface area contributed by atoms with Gasteiger partial charge in [-0.3, -0.25) is 0 Å². The summed E-state index contributed by atoms with van der Waals surface area (Å²) in [4.78, 5) is 2.38. The minimum absolute atomic E-state index is 0.611. The van der Waals surface area contributed by atoms with Crippen LogP contribution in [0.2, 0.25) is 0 Å². The van der Waals surface area contributed by atoms with E-state index in [0.717, 1.165) is 23.7 Å². The van der Waals surface area contributed by atoms with Gasteiger partial charge in [-0.05, 0) is 60.0 Å². The minimum atomic E-state index is 0.611. The molecule has 5 rings (SSSR count). The molecule has 0 heterocycles. The van der Waals surface area contributed by atoms with Crippen LogP contribution in [0.4, 0.5) is 0 Å². The Balaban J connectivity index is 1.75. The summed E-state index contributed by atoms with van der Waals surface area (Å²) < 4.78 is 0. The monoisotopic (exact) mass is 275 g/mol. The zero-order valence-electron chi connectivity index (χ0n) is 12.7. The number of nitrogens with zero attached hydrogens (tertiary/aromatic N) is 1. The first-order valence-corrected chi connectivity index (χ1v) is 8.09. The Bertz CT molecular complexity index is 664. The Morgan fingerprint density at radius 2 is 1.24 bits per heavy atom. The molecule has 2 aromatic carbocycles. The second kappa shape index (κ2) is 3.98. The van der Waals surface area contributed by atoms with Gasteiger partial charge in [0.1, 0.15) is 0 Å². The molecule has 0 aliphatic heterocycles. The van der Waals surface area contributed by atoms with E-state index in [0.29, 0.717) is 5.92 Å². The molecule has 1 saturated carbocycles. The van der Waals surface area contributed by atoms with E-state index in [2.05, 4.69) is 67.5 Å². The van der Waals surface area contributed by atoms with Gasteiger partial charge in [-0.15, -0.1) is 0 Å². The van der Waals surface area contributed by atoms with Gasteiger partial charge in [-0.1, -0.05) is 48.5 Å². The van der Waals surface area contributed by atoms with Crippen LogP contribution < -0.4 is 0 Å². The van der Waals surface area contributed by atoms with E-state index in [-0.39, 0.29) is 0 Å². The molecule has 0 amide bonds. The van der Waals surface area contributed by atoms with Crippen molar-refractivity contribution in [1.29, 1.82) is 0 Å². The molecule has 0 saturated heterocycles. The summed E-state index contributed by atoms with van der Waals surface area (Å²) in [7, 11) is 4.44. The molecule has 2 bridgehead atoms. The number of hydrogen-bond donors (Lipinski definition) is 0. The number of hydrogen-bond acceptors (Lipinski definition) is 1. The van der Waals surface area contributed by atoms with Crippen molar-refractivity contribution >= 4 is 0 Å². The molecule has 3 aliphatic carbocycles. The lowest BCUT2D eigenvalue weighted by Crippen LogP contribution is -2.33. The molecule has 1 fully saturated rings. The van der Waals surface area contributed by atoms with Crippen molar-refractivity contribution < 1.29 is 0 Å². The molecule has 3 aliphatic rings. The topological polar surface area (TPSA) is 3.24 Å². The molecule has 0 aromatic heterocycles. The van der Waals surface area contributed by atoms with Gasteiger partial charge >= 0.3 is 0 Å². The van der Waals surface area contributed by atoms with Crippen LogP contribution in [-0.2, 0) is 0 Å². The predicted molar refractivity (Wildman–Crippen MR) is 85.7 cm³/mol. The summed E-state index contributed by atoms with van der Waals surface area (Å²) in [5.41, 5.74) is 6.50. The fourth-order valence-corrected chi connectivity index (χ4v) is 5.36. The van der Waals surface area contributed by atoms with Crippen LogP contribution in [0.15, 0.2) is 48.5 Å². The van der Waals surface area contributed by atoms with E-state index < -0.39 is 0 Å². The molecule has 0 radical (unpaired) electrons. The van der Waals surface area contributed by atoms with E-state index >= 15 is 0 Å². The summed E-state index contributed by atoms with van der Waals surface area (Å²) in [6, 6.07) is 18.5. The molecule has 1 nitrogen and oxygen atoms in total. The standard InChI is InChI=1S/C20H21N/c1-21(2)11-16-17-12-7-3-5-9-14(12)18-19(20(16)18)15-10-6-4-8-13(15)17/h3-10,16-20H,11H2,1-2H3. The van der Waals surface area contributed by atoms with Crippen molar-refractivity contribution in [2.24, 2.45) is 11.8 Å². The highest BCUT2D eigenvalue weighted by Crippen LogP contribution is 2.74. The minimum Gasteiger partial charge on any atom is -0.309 e. The summed E-state index contributed by atoms with van der Waals surface area (Å²) in [6.45, 7) is 1.21. The number of benzene rings is 2. The van der Waals surface area contributed by atoms with Crippen molar-refractivity contribution in [2.75, 3.05) is 20.6 Å². The van der Waals surface area contributed by atoms with E-state index in [1.165, 1.54) is 6.54 Å². The number of rotatable bonds is 2. The summed E-state index contributed by atoms with van der Waals surface area (Å²) in [5.74, 6) is 3.85. The van der Waals surface area contributed by atoms with Crippen LogP contribution in [0.1, 0.15) is 40.0 Å². The van der Waals surface area contributed by atoms with Crippen LogP contribution in [0.5, 0.6) is 0 Å². The normalized spacial score (nSPS) is 34.3. The van der Waals surface area contributed by atoms with Crippen molar-refractivity contribution in [1.82, 2.24) is 4.90 Å². The molecular formula is C20H21N. The largest absolute Gasteiger partial charge is 0.309 e. The average molecular weight is 275 g/mol. The Morgan fingerprint density at radius 1 is 0.762 bits per heavy atom. The number of fused-ring (bicyclic) bond motifs is 8. The highest BCUT2D eigenvalue weighted by atomic mass is 15.1. The van der Waals surface area contributed by atoms with Gasteiger partial charge < -0.3 is 4.90 Å². The SMILES string of the molecule is CN(C)CC1C2c3ccccc3C3C(c4ccccc42)C13. The maximum absolute atomic E-state index is 2.39. The van der Waals surface area contributed by atoms with E-state index in [9.17, 15) is 0 Å².